The second kappa shape index (κ2) is 6.03. The molecule has 1 N–H and O–H groups in total. The number of thiazole rings is 1. The summed E-state index contributed by atoms with van der Waals surface area (Å²) in [6.45, 7) is 5.56. The van der Waals surface area contributed by atoms with Crippen molar-refractivity contribution in [1.29, 1.82) is 0 Å². The monoisotopic (exact) mass is 359 g/mol. The van der Waals surface area contributed by atoms with Crippen LogP contribution in [0.3, 0.4) is 0 Å². The molecule has 1 aliphatic carbocycles. The summed E-state index contributed by atoms with van der Waals surface area (Å²) in [5.41, 5.74) is 0.966. The minimum absolute atomic E-state index is 0.0378. The fourth-order valence-corrected chi connectivity index (χ4v) is 3.92. The number of fused-ring (bicyclic) bond motifs is 1. The van der Waals surface area contributed by atoms with Gasteiger partial charge in [-0.2, -0.15) is 0 Å². The second-order valence-electron chi connectivity index (χ2n) is 6.90. The fourth-order valence-electron chi connectivity index (χ4n) is 3.01. The van der Waals surface area contributed by atoms with Crippen LogP contribution in [0.2, 0.25) is 0 Å². The van der Waals surface area contributed by atoms with E-state index in [4.69, 9.17) is 0 Å². The summed E-state index contributed by atoms with van der Waals surface area (Å²) in [7, 11) is 0. The molecule has 0 spiro atoms. The third-order valence-corrected chi connectivity index (χ3v) is 5.26. The molecule has 3 rings (SSSR count). The molecular formula is C17H17N3O4S. The number of benzene rings is 1. The number of carbonyl (C=O) groups is 2. The molecule has 0 radical (unpaired) electrons. The summed E-state index contributed by atoms with van der Waals surface area (Å²) in [6, 6.07) is 4.35. The van der Waals surface area contributed by atoms with Crippen molar-refractivity contribution in [2.45, 2.75) is 33.6 Å². The van der Waals surface area contributed by atoms with E-state index >= 15 is 0 Å². The minimum Gasteiger partial charge on any atom is -0.298 e. The molecule has 1 aliphatic rings. The molecule has 0 aliphatic heterocycles. The molecule has 2 aromatic rings. The van der Waals surface area contributed by atoms with Crippen molar-refractivity contribution in [2.75, 3.05) is 5.32 Å². The summed E-state index contributed by atoms with van der Waals surface area (Å²) < 4.78 is 0. The van der Waals surface area contributed by atoms with Gasteiger partial charge in [-0.05, 0) is 24.8 Å². The van der Waals surface area contributed by atoms with Crippen molar-refractivity contribution in [3.05, 3.63) is 50.0 Å². The Morgan fingerprint density at radius 2 is 2.08 bits per heavy atom. The van der Waals surface area contributed by atoms with Crippen LogP contribution in [0.25, 0.3) is 0 Å². The highest BCUT2D eigenvalue weighted by molar-refractivity contribution is 7.17. The van der Waals surface area contributed by atoms with Crippen molar-refractivity contribution in [1.82, 2.24) is 4.98 Å². The van der Waals surface area contributed by atoms with Gasteiger partial charge >= 0.3 is 0 Å². The van der Waals surface area contributed by atoms with Crippen LogP contribution in [-0.2, 0) is 6.42 Å². The van der Waals surface area contributed by atoms with Crippen LogP contribution in [0.1, 0.15) is 51.6 Å². The molecule has 1 aromatic heterocycles. The van der Waals surface area contributed by atoms with Gasteiger partial charge in [-0.1, -0.05) is 31.3 Å². The van der Waals surface area contributed by atoms with Crippen LogP contribution in [0.4, 0.5) is 10.8 Å². The first kappa shape index (κ1) is 17.2. The predicted octanol–water partition coefficient (Wildman–Crippen LogP) is 3.77. The smallest absolute Gasteiger partial charge is 0.273 e. The zero-order chi connectivity index (χ0) is 18.4. The average molecular weight is 359 g/mol. The van der Waals surface area contributed by atoms with Crippen LogP contribution in [0.15, 0.2) is 18.2 Å². The summed E-state index contributed by atoms with van der Waals surface area (Å²) in [5.74, 6) is -0.435. The van der Waals surface area contributed by atoms with E-state index in [2.05, 4.69) is 10.3 Å². The molecule has 0 atom stereocenters. The maximum absolute atomic E-state index is 12.5. The van der Waals surface area contributed by atoms with Crippen LogP contribution < -0.4 is 5.32 Å². The van der Waals surface area contributed by atoms with Gasteiger partial charge in [0.1, 0.15) is 0 Å². The van der Waals surface area contributed by atoms with Gasteiger partial charge in [-0.15, -0.1) is 0 Å². The highest BCUT2D eigenvalue weighted by Gasteiger charge is 2.34. The number of Topliss-reactive ketones (excluding diaryl/α,β-unsaturated/α-hetero) is 1. The van der Waals surface area contributed by atoms with Crippen molar-refractivity contribution in [3.8, 4) is 0 Å². The first-order valence-corrected chi connectivity index (χ1v) is 8.58. The van der Waals surface area contributed by atoms with Gasteiger partial charge < -0.3 is 0 Å². The van der Waals surface area contributed by atoms with Gasteiger partial charge in [-0.3, -0.25) is 25.0 Å². The van der Waals surface area contributed by atoms with Crippen molar-refractivity contribution in [2.24, 2.45) is 5.41 Å². The zero-order valence-electron chi connectivity index (χ0n) is 14.1. The molecule has 1 heterocycles. The van der Waals surface area contributed by atoms with Crippen molar-refractivity contribution < 1.29 is 14.5 Å². The van der Waals surface area contributed by atoms with Gasteiger partial charge in [-0.25, -0.2) is 4.98 Å². The number of ketones is 1. The molecule has 0 saturated carbocycles. The number of rotatable bonds is 3. The molecule has 1 amide bonds. The molecule has 1 aromatic carbocycles. The number of hydrogen-bond acceptors (Lipinski definition) is 6. The van der Waals surface area contributed by atoms with Gasteiger partial charge in [0.2, 0.25) is 0 Å². The third kappa shape index (κ3) is 3.30. The minimum atomic E-state index is -0.519. The van der Waals surface area contributed by atoms with Gasteiger partial charge in [0.25, 0.3) is 11.6 Å². The van der Waals surface area contributed by atoms with Crippen LogP contribution in [0, 0.1) is 22.5 Å². The van der Waals surface area contributed by atoms with E-state index in [-0.39, 0.29) is 22.4 Å². The number of nitrogens with zero attached hydrogens (tertiary/aromatic N) is 2. The van der Waals surface area contributed by atoms with E-state index in [0.29, 0.717) is 34.1 Å². The lowest BCUT2D eigenvalue weighted by atomic mass is 9.78. The number of nitrogens with one attached hydrogen (secondary N) is 1. The van der Waals surface area contributed by atoms with Crippen LogP contribution in [0.5, 0.6) is 0 Å². The highest BCUT2D eigenvalue weighted by Crippen LogP contribution is 2.38. The largest absolute Gasteiger partial charge is 0.298 e. The van der Waals surface area contributed by atoms with Crippen molar-refractivity contribution >= 4 is 33.8 Å². The van der Waals surface area contributed by atoms with Crippen LogP contribution in [-0.4, -0.2) is 21.6 Å². The molecule has 0 fully saturated rings. The summed E-state index contributed by atoms with van der Waals surface area (Å²) >= 11 is 1.16. The lowest BCUT2D eigenvalue weighted by Gasteiger charge is -2.26. The Balaban J connectivity index is 1.87. The molecule has 7 nitrogen and oxygen atoms in total. The summed E-state index contributed by atoms with van der Waals surface area (Å²) in [4.78, 5) is 40.2. The van der Waals surface area contributed by atoms with E-state index in [1.54, 1.807) is 0 Å². The predicted molar refractivity (Wildman–Crippen MR) is 94.3 cm³/mol. The van der Waals surface area contributed by atoms with E-state index in [0.717, 1.165) is 11.3 Å². The van der Waals surface area contributed by atoms with Crippen molar-refractivity contribution in [3.63, 3.8) is 0 Å². The number of hydrogen-bond donors (Lipinski definition) is 1. The fraction of sp³-hybridized carbons (Fsp3) is 0.353. The average Bonchev–Trinajstić information content (AvgIpc) is 2.88. The molecule has 8 heteroatoms. The van der Waals surface area contributed by atoms with Gasteiger partial charge in [0.15, 0.2) is 10.9 Å². The standard InChI is InChI=1S/C17H17N3O4S/c1-9-10(5-4-6-12(9)20(23)24)15(22)19-16-18-11-7-17(2,3)8-13(21)14(11)25-16/h4-6H,7-8H2,1-3H3,(H,18,19,22). The second-order valence-corrected chi connectivity index (χ2v) is 7.90. The van der Waals surface area contributed by atoms with Crippen LogP contribution >= 0.6 is 11.3 Å². The Morgan fingerprint density at radius 3 is 2.76 bits per heavy atom. The Morgan fingerprint density at radius 1 is 1.36 bits per heavy atom. The summed E-state index contributed by atoms with van der Waals surface area (Å²) in [6.07, 6.45) is 1.13. The Hall–Kier alpha value is -2.61. The third-order valence-electron chi connectivity index (χ3n) is 4.20. The highest BCUT2D eigenvalue weighted by atomic mass is 32.1. The SMILES string of the molecule is Cc1c(C(=O)Nc2nc3c(s2)C(=O)CC(C)(C)C3)cccc1[N+](=O)[O-]. The Kier molecular flexibility index (Phi) is 4.16. The number of anilines is 1. The molecule has 0 bridgehead atoms. The number of aromatic nitrogens is 1. The topological polar surface area (TPSA) is 102 Å². The first-order chi connectivity index (χ1) is 11.7. The van der Waals surface area contributed by atoms with Gasteiger partial charge in [0.05, 0.1) is 15.5 Å². The van der Waals surface area contributed by atoms with E-state index < -0.39 is 10.8 Å². The number of nitro benzene ring substituents is 1. The number of nitro groups is 1. The quantitative estimate of drug-likeness (QED) is 0.664. The maximum atomic E-state index is 12.5. The lowest BCUT2D eigenvalue weighted by Crippen LogP contribution is -2.26. The number of carbonyl (C=O) groups excluding carboxylic acids is 2. The van der Waals surface area contributed by atoms with E-state index in [1.807, 2.05) is 13.8 Å². The Labute approximate surface area is 148 Å². The van der Waals surface area contributed by atoms with E-state index in [9.17, 15) is 19.7 Å². The lowest BCUT2D eigenvalue weighted by molar-refractivity contribution is -0.385. The molecule has 0 unspecified atom stereocenters. The maximum Gasteiger partial charge on any atom is 0.273 e. The molecular weight excluding hydrogens is 342 g/mol. The number of amides is 1. The normalized spacial score (nSPS) is 15.6. The molecule has 130 valence electrons. The molecule has 25 heavy (non-hydrogen) atoms. The van der Waals surface area contributed by atoms with E-state index in [1.165, 1.54) is 25.1 Å². The summed E-state index contributed by atoms with van der Waals surface area (Å²) in [5, 5.41) is 14.0. The first-order valence-electron chi connectivity index (χ1n) is 7.76. The Bertz CT molecular complexity index is 901. The molecule has 0 saturated heterocycles. The van der Waals surface area contributed by atoms with Gasteiger partial charge in [0, 0.05) is 23.6 Å². The zero-order valence-corrected chi connectivity index (χ0v) is 14.9.